The summed E-state index contributed by atoms with van der Waals surface area (Å²) in [6, 6.07) is 5.65. The van der Waals surface area contributed by atoms with Crippen LogP contribution in [0.5, 0.6) is 0 Å². The van der Waals surface area contributed by atoms with Crippen molar-refractivity contribution >= 4 is 11.9 Å². The maximum Gasteiger partial charge on any atom is 0.247 e. The molecule has 0 atom stereocenters. The molecule has 2 aromatic heterocycles. The van der Waals surface area contributed by atoms with Gasteiger partial charge in [-0.1, -0.05) is 18.9 Å². The molecule has 1 saturated heterocycles. The largest absolute Gasteiger partial charge is 0.368 e. The van der Waals surface area contributed by atoms with Crippen molar-refractivity contribution in [1.29, 1.82) is 0 Å². The van der Waals surface area contributed by atoms with E-state index in [1.807, 2.05) is 18.2 Å². The number of anilines is 2. The van der Waals surface area contributed by atoms with E-state index >= 15 is 0 Å². The van der Waals surface area contributed by atoms with Crippen molar-refractivity contribution in [1.82, 2.24) is 19.7 Å². The van der Waals surface area contributed by atoms with Gasteiger partial charge in [-0.3, -0.25) is 0 Å². The van der Waals surface area contributed by atoms with Crippen LogP contribution in [-0.2, 0) is 0 Å². The van der Waals surface area contributed by atoms with Crippen LogP contribution in [0.3, 0.4) is 0 Å². The van der Waals surface area contributed by atoms with E-state index < -0.39 is 0 Å². The quantitative estimate of drug-likeness (QED) is 0.886. The Kier molecular flexibility index (Phi) is 3.31. The molecule has 0 saturated carbocycles. The summed E-state index contributed by atoms with van der Waals surface area (Å²) in [5.41, 5.74) is 5.94. The first-order chi connectivity index (χ1) is 9.34. The number of nitrogens with two attached hydrogens (primary N) is 1. The Bertz CT molecular complexity index is 527. The standard InChI is InChI=1S/C13H18N6/c14-12-16-13(18-9-5-1-2-6-10-18)17-19(12)11-7-3-4-8-15-11/h3-4,7-8H,1-2,5-6,9-10H2,(H2,14,16,17). The molecule has 2 N–H and O–H groups in total. The zero-order valence-corrected chi connectivity index (χ0v) is 10.9. The number of pyridine rings is 1. The van der Waals surface area contributed by atoms with Gasteiger partial charge in [0.2, 0.25) is 11.9 Å². The summed E-state index contributed by atoms with van der Waals surface area (Å²) in [5, 5.41) is 4.49. The first kappa shape index (κ1) is 12.0. The summed E-state index contributed by atoms with van der Waals surface area (Å²) in [6.07, 6.45) is 6.68. The second-order valence-corrected chi connectivity index (χ2v) is 4.77. The first-order valence-corrected chi connectivity index (χ1v) is 6.73. The lowest BCUT2D eigenvalue weighted by molar-refractivity contribution is 0.726. The monoisotopic (exact) mass is 258 g/mol. The third-order valence-electron chi connectivity index (χ3n) is 3.38. The molecule has 0 spiro atoms. The average molecular weight is 258 g/mol. The Balaban J connectivity index is 1.88. The van der Waals surface area contributed by atoms with Gasteiger partial charge >= 0.3 is 0 Å². The minimum Gasteiger partial charge on any atom is -0.368 e. The lowest BCUT2D eigenvalue weighted by atomic mass is 10.2. The Morgan fingerprint density at radius 2 is 1.84 bits per heavy atom. The van der Waals surface area contributed by atoms with E-state index in [-0.39, 0.29) is 0 Å². The van der Waals surface area contributed by atoms with Gasteiger partial charge < -0.3 is 10.6 Å². The molecule has 0 bridgehead atoms. The minimum absolute atomic E-state index is 0.387. The summed E-state index contributed by atoms with van der Waals surface area (Å²) >= 11 is 0. The lowest BCUT2D eigenvalue weighted by Gasteiger charge is -2.17. The number of hydrogen-bond donors (Lipinski definition) is 1. The van der Waals surface area contributed by atoms with Crippen LogP contribution in [0.15, 0.2) is 24.4 Å². The van der Waals surface area contributed by atoms with E-state index in [0.29, 0.717) is 17.7 Å². The van der Waals surface area contributed by atoms with Crippen molar-refractivity contribution in [3.05, 3.63) is 24.4 Å². The van der Waals surface area contributed by atoms with Gasteiger partial charge in [-0.05, 0) is 25.0 Å². The molecular weight excluding hydrogens is 240 g/mol. The maximum atomic E-state index is 5.94. The Morgan fingerprint density at radius 3 is 2.53 bits per heavy atom. The Hall–Kier alpha value is -2.11. The van der Waals surface area contributed by atoms with E-state index in [4.69, 9.17) is 5.73 Å². The highest BCUT2D eigenvalue weighted by molar-refractivity contribution is 5.40. The second kappa shape index (κ2) is 5.26. The van der Waals surface area contributed by atoms with Gasteiger partial charge in [0.05, 0.1) is 0 Å². The van der Waals surface area contributed by atoms with Crippen molar-refractivity contribution in [3.8, 4) is 5.82 Å². The summed E-state index contributed by atoms with van der Waals surface area (Å²) in [4.78, 5) is 10.8. The number of nitrogens with zero attached hydrogens (tertiary/aromatic N) is 5. The predicted molar refractivity (Wildman–Crippen MR) is 74.2 cm³/mol. The summed E-state index contributed by atoms with van der Waals surface area (Å²) in [6.45, 7) is 2.01. The fourth-order valence-corrected chi connectivity index (χ4v) is 2.37. The topological polar surface area (TPSA) is 72.9 Å². The molecular formula is C13H18N6. The molecule has 0 amide bonds. The summed E-state index contributed by atoms with van der Waals surface area (Å²) in [7, 11) is 0. The maximum absolute atomic E-state index is 5.94. The van der Waals surface area contributed by atoms with Gasteiger partial charge in [0.15, 0.2) is 5.82 Å². The molecule has 0 radical (unpaired) electrons. The molecule has 0 aliphatic carbocycles. The van der Waals surface area contributed by atoms with Crippen LogP contribution in [0.25, 0.3) is 5.82 Å². The van der Waals surface area contributed by atoms with Crippen LogP contribution in [0.4, 0.5) is 11.9 Å². The number of aromatic nitrogens is 4. The second-order valence-electron chi connectivity index (χ2n) is 4.77. The summed E-state index contributed by atoms with van der Waals surface area (Å²) in [5.74, 6) is 1.80. The highest BCUT2D eigenvalue weighted by atomic mass is 15.5. The molecule has 6 heteroatoms. The molecule has 0 aromatic carbocycles. The summed E-state index contributed by atoms with van der Waals surface area (Å²) < 4.78 is 1.60. The molecule has 6 nitrogen and oxygen atoms in total. The highest BCUT2D eigenvalue weighted by Gasteiger charge is 2.17. The molecule has 100 valence electrons. The van der Waals surface area contributed by atoms with Gasteiger partial charge in [0.25, 0.3) is 0 Å². The minimum atomic E-state index is 0.387. The fourth-order valence-electron chi connectivity index (χ4n) is 2.37. The zero-order valence-electron chi connectivity index (χ0n) is 10.9. The van der Waals surface area contributed by atoms with Crippen molar-refractivity contribution in [2.24, 2.45) is 0 Å². The van der Waals surface area contributed by atoms with Gasteiger partial charge in [0, 0.05) is 19.3 Å². The van der Waals surface area contributed by atoms with Crippen LogP contribution in [0.2, 0.25) is 0 Å². The first-order valence-electron chi connectivity index (χ1n) is 6.73. The molecule has 3 rings (SSSR count). The normalized spacial score (nSPS) is 16.3. The van der Waals surface area contributed by atoms with Crippen LogP contribution >= 0.6 is 0 Å². The number of nitrogen functional groups attached to an aromatic ring is 1. The van der Waals surface area contributed by atoms with E-state index in [2.05, 4.69) is 20.0 Å². The van der Waals surface area contributed by atoms with Crippen LogP contribution in [0, 0.1) is 0 Å². The highest BCUT2D eigenvalue weighted by Crippen LogP contribution is 2.18. The fraction of sp³-hybridized carbons (Fsp3) is 0.462. The van der Waals surface area contributed by atoms with Crippen LogP contribution in [-0.4, -0.2) is 32.8 Å². The van der Waals surface area contributed by atoms with Crippen molar-refractivity contribution in [3.63, 3.8) is 0 Å². The molecule has 1 aliphatic rings. The third-order valence-corrected chi connectivity index (χ3v) is 3.38. The molecule has 1 fully saturated rings. The van der Waals surface area contributed by atoms with Gasteiger partial charge in [-0.2, -0.15) is 9.67 Å². The van der Waals surface area contributed by atoms with Crippen LogP contribution < -0.4 is 10.6 Å². The van der Waals surface area contributed by atoms with Crippen molar-refractivity contribution in [2.45, 2.75) is 25.7 Å². The molecule has 3 heterocycles. The predicted octanol–water partition coefficient (Wildman–Crippen LogP) is 1.62. The average Bonchev–Trinajstić information content (AvgIpc) is 2.67. The molecule has 19 heavy (non-hydrogen) atoms. The zero-order chi connectivity index (χ0) is 13.1. The van der Waals surface area contributed by atoms with Crippen molar-refractivity contribution < 1.29 is 0 Å². The lowest BCUT2D eigenvalue weighted by Crippen LogP contribution is -2.25. The van der Waals surface area contributed by atoms with E-state index in [1.54, 1.807) is 10.9 Å². The van der Waals surface area contributed by atoms with Gasteiger partial charge in [0.1, 0.15) is 0 Å². The van der Waals surface area contributed by atoms with E-state index in [9.17, 15) is 0 Å². The van der Waals surface area contributed by atoms with Gasteiger partial charge in [-0.15, -0.1) is 5.10 Å². The molecule has 1 aliphatic heterocycles. The van der Waals surface area contributed by atoms with E-state index in [1.165, 1.54) is 25.7 Å². The van der Waals surface area contributed by atoms with Crippen molar-refractivity contribution in [2.75, 3.05) is 23.7 Å². The smallest absolute Gasteiger partial charge is 0.247 e. The molecule has 2 aromatic rings. The van der Waals surface area contributed by atoms with Gasteiger partial charge in [-0.25, -0.2) is 4.98 Å². The number of hydrogen-bond acceptors (Lipinski definition) is 5. The Labute approximate surface area is 112 Å². The van der Waals surface area contributed by atoms with Crippen LogP contribution in [0.1, 0.15) is 25.7 Å². The Morgan fingerprint density at radius 1 is 1.05 bits per heavy atom. The number of rotatable bonds is 2. The third kappa shape index (κ3) is 2.52. The SMILES string of the molecule is Nc1nc(N2CCCCCC2)nn1-c1ccccn1. The van der Waals surface area contributed by atoms with E-state index in [0.717, 1.165) is 13.1 Å². The molecule has 0 unspecified atom stereocenters.